The van der Waals surface area contributed by atoms with Crippen LogP contribution in [0.1, 0.15) is 22.3 Å². The standard InChI is InChI=1S/C21H22N8O/c30-21(24-9-17-5-1-3-7-19(17)11-28-15-22-13-26-28)25-10-18-6-2-4-8-20(18)12-29-16-23-14-27-29/h1-8,13-16H,9-12H2,(H2,24,25,30). The molecule has 2 aromatic carbocycles. The molecular weight excluding hydrogens is 380 g/mol. The number of hydrogen-bond acceptors (Lipinski definition) is 5. The quantitative estimate of drug-likeness (QED) is 0.469. The van der Waals surface area contributed by atoms with Gasteiger partial charge >= 0.3 is 6.03 Å². The van der Waals surface area contributed by atoms with E-state index in [1.54, 1.807) is 22.0 Å². The number of aromatic nitrogens is 6. The van der Waals surface area contributed by atoms with E-state index in [2.05, 4.69) is 30.8 Å². The topological polar surface area (TPSA) is 103 Å². The monoisotopic (exact) mass is 402 g/mol. The zero-order valence-electron chi connectivity index (χ0n) is 16.3. The highest BCUT2D eigenvalue weighted by molar-refractivity contribution is 5.73. The van der Waals surface area contributed by atoms with Crippen molar-refractivity contribution in [2.75, 3.05) is 0 Å². The molecule has 30 heavy (non-hydrogen) atoms. The summed E-state index contributed by atoms with van der Waals surface area (Å²) in [5.41, 5.74) is 4.24. The van der Waals surface area contributed by atoms with Crippen LogP contribution in [0.3, 0.4) is 0 Å². The summed E-state index contributed by atoms with van der Waals surface area (Å²) >= 11 is 0. The van der Waals surface area contributed by atoms with E-state index in [4.69, 9.17) is 0 Å². The molecule has 2 heterocycles. The van der Waals surface area contributed by atoms with Crippen molar-refractivity contribution in [2.24, 2.45) is 0 Å². The summed E-state index contributed by atoms with van der Waals surface area (Å²) in [7, 11) is 0. The molecule has 9 heteroatoms. The number of carbonyl (C=O) groups is 1. The third kappa shape index (κ3) is 5.07. The van der Waals surface area contributed by atoms with Crippen LogP contribution in [-0.4, -0.2) is 35.6 Å². The Morgan fingerprint density at radius 3 is 1.53 bits per heavy atom. The molecule has 0 bridgehead atoms. The Bertz CT molecular complexity index is 990. The zero-order chi connectivity index (χ0) is 20.6. The summed E-state index contributed by atoms with van der Waals surface area (Å²) in [6.07, 6.45) is 6.37. The lowest BCUT2D eigenvalue weighted by atomic mass is 10.1. The Labute approximate surface area is 173 Å². The molecule has 9 nitrogen and oxygen atoms in total. The van der Waals surface area contributed by atoms with E-state index in [9.17, 15) is 4.79 Å². The first-order chi connectivity index (χ1) is 14.8. The van der Waals surface area contributed by atoms with Gasteiger partial charge in [0.05, 0.1) is 13.1 Å². The van der Waals surface area contributed by atoms with Crippen molar-refractivity contribution in [3.05, 3.63) is 96.1 Å². The van der Waals surface area contributed by atoms with Crippen LogP contribution in [0.25, 0.3) is 0 Å². The Morgan fingerprint density at radius 2 is 1.13 bits per heavy atom. The third-order valence-corrected chi connectivity index (χ3v) is 4.71. The molecule has 0 radical (unpaired) electrons. The van der Waals surface area contributed by atoms with Gasteiger partial charge in [0.15, 0.2) is 0 Å². The van der Waals surface area contributed by atoms with Gasteiger partial charge in [0.1, 0.15) is 25.3 Å². The predicted molar refractivity (Wildman–Crippen MR) is 110 cm³/mol. The number of rotatable bonds is 8. The van der Waals surface area contributed by atoms with E-state index in [1.165, 1.54) is 12.7 Å². The number of amides is 2. The molecule has 152 valence electrons. The summed E-state index contributed by atoms with van der Waals surface area (Å²) in [6, 6.07) is 15.7. The fourth-order valence-electron chi connectivity index (χ4n) is 3.16. The first-order valence-corrected chi connectivity index (χ1v) is 9.58. The van der Waals surface area contributed by atoms with Crippen molar-refractivity contribution < 1.29 is 4.79 Å². The molecule has 0 spiro atoms. The normalized spacial score (nSPS) is 10.7. The molecule has 0 atom stereocenters. The number of benzene rings is 2. The molecular formula is C21H22N8O. The number of nitrogens with one attached hydrogen (secondary N) is 2. The van der Waals surface area contributed by atoms with E-state index in [0.717, 1.165) is 22.3 Å². The van der Waals surface area contributed by atoms with Gasteiger partial charge < -0.3 is 10.6 Å². The molecule has 0 saturated carbocycles. The van der Waals surface area contributed by atoms with Gasteiger partial charge in [-0.3, -0.25) is 0 Å². The molecule has 0 aliphatic rings. The summed E-state index contributed by atoms with van der Waals surface area (Å²) in [6.45, 7) is 2.07. The molecule has 0 aliphatic heterocycles. The lowest BCUT2D eigenvalue weighted by Crippen LogP contribution is -2.35. The van der Waals surface area contributed by atoms with Gasteiger partial charge in [-0.1, -0.05) is 48.5 Å². The van der Waals surface area contributed by atoms with Gasteiger partial charge in [-0.2, -0.15) is 10.2 Å². The van der Waals surface area contributed by atoms with Crippen LogP contribution < -0.4 is 10.6 Å². The largest absolute Gasteiger partial charge is 0.334 e. The molecule has 0 unspecified atom stereocenters. The highest BCUT2D eigenvalue weighted by Crippen LogP contribution is 2.11. The Balaban J connectivity index is 1.32. The fourth-order valence-corrected chi connectivity index (χ4v) is 3.16. The molecule has 4 aromatic rings. The van der Waals surface area contributed by atoms with Crippen molar-refractivity contribution in [2.45, 2.75) is 26.2 Å². The minimum atomic E-state index is -0.221. The van der Waals surface area contributed by atoms with Crippen LogP contribution in [0.2, 0.25) is 0 Å². The number of carbonyl (C=O) groups excluding carboxylic acids is 1. The predicted octanol–water partition coefficient (Wildman–Crippen LogP) is 1.97. The highest BCUT2D eigenvalue weighted by atomic mass is 16.2. The maximum atomic E-state index is 12.4. The Hall–Kier alpha value is -4.01. The zero-order valence-corrected chi connectivity index (χ0v) is 16.3. The van der Waals surface area contributed by atoms with Crippen molar-refractivity contribution in [1.82, 2.24) is 40.2 Å². The van der Waals surface area contributed by atoms with Crippen LogP contribution in [0.4, 0.5) is 4.79 Å². The van der Waals surface area contributed by atoms with E-state index >= 15 is 0 Å². The van der Waals surface area contributed by atoms with Crippen molar-refractivity contribution in [1.29, 1.82) is 0 Å². The van der Waals surface area contributed by atoms with Crippen LogP contribution >= 0.6 is 0 Å². The smallest absolute Gasteiger partial charge is 0.315 e. The molecule has 4 rings (SSSR count). The Kier molecular flexibility index (Phi) is 6.09. The lowest BCUT2D eigenvalue weighted by Gasteiger charge is -2.13. The highest BCUT2D eigenvalue weighted by Gasteiger charge is 2.08. The second-order valence-electron chi connectivity index (χ2n) is 6.76. The summed E-state index contributed by atoms with van der Waals surface area (Å²) < 4.78 is 3.51. The number of hydrogen-bond donors (Lipinski definition) is 2. The van der Waals surface area contributed by atoms with Crippen LogP contribution in [-0.2, 0) is 26.2 Å². The summed E-state index contributed by atoms with van der Waals surface area (Å²) in [5, 5.41) is 14.1. The average Bonchev–Trinajstić information content (AvgIpc) is 3.47. The van der Waals surface area contributed by atoms with E-state index in [1.807, 2.05) is 48.5 Å². The van der Waals surface area contributed by atoms with E-state index in [0.29, 0.717) is 26.2 Å². The van der Waals surface area contributed by atoms with Crippen LogP contribution in [0.15, 0.2) is 73.8 Å². The summed E-state index contributed by atoms with van der Waals surface area (Å²) in [5.74, 6) is 0. The molecule has 2 amide bonds. The number of nitrogens with zero attached hydrogens (tertiary/aromatic N) is 6. The average molecular weight is 402 g/mol. The fraction of sp³-hybridized carbons (Fsp3) is 0.190. The van der Waals surface area contributed by atoms with Gasteiger partial charge in [0.2, 0.25) is 0 Å². The van der Waals surface area contributed by atoms with E-state index < -0.39 is 0 Å². The SMILES string of the molecule is O=C(NCc1ccccc1Cn1cncn1)NCc1ccccc1Cn1cncn1. The van der Waals surface area contributed by atoms with Gasteiger partial charge in [-0.15, -0.1) is 0 Å². The minimum absolute atomic E-state index is 0.221. The van der Waals surface area contributed by atoms with E-state index in [-0.39, 0.29) is 6.03 Å². The molecule has 0 saturated heterocycles. The first kappa shape index (κ1) is 19.3. The van der Waals surface area contributed by atoms with Crippen molar-refractivity contribution in [3.8, 4) is 0 Å². The van der Waals surface area contributed by atoms with Crippen LogP contribution in [0, 0.1) is 0 Å². The molecule has 0 fully saturated rings. The van der Waals surface area contributed by atoms with Crippen LogP contribution in [0.5, 0.6) is 0 Å². The van der Waals surface area contributed by atoms with Gasteiger partial charge in [-0.05, 0) is 22.3 Å². The van der Waals surface area contributed by atoms with Gasteiger partial charge in [-0.25, -0.2) is 24.1 Å². The molecule has 0 aliphatic carbocycles. The minimum Gasteiger partial charge on any atom is -0.334 e. The third-order valence-electron chi connectivity index (χ3n) is 4.71. The van der Waals surface area contributed by atoms with Crippen molar-refractivity contribution in [3.63, 3.8) is 0 Å². The maximum Gasteiger partial charge on any atom is 0.315 e. The van der Waals surface area contributed by atoms with Gasteiger partial charge in [0.25, 0.3) is 0 Å². The molecule has 2 aromatic heterocycles. The van der Waals surface area contributed by atoms with Gasteiger partial charge in [0, 0.05) is 13.1 Å². The molecule has 2 N–H and O–H groups in total. The second kappa shape index (κ2) is 9.46. The van der Waals surface area contributed by atoms with Crippen molar-refractivity contribution >= 4 is 6.03 Å². The first-order valence-electron chi connectivity index (χ1n) is 9.58. The summed E-state index contributed by atoms with van der Waals surface area (Å²) in [4.78, 5) is 20.3. The Morgan fingerprint density at radius 1 is 0.700 bits per heavy atom. The maximum absolute atomic E-state index is 12.4. The second-order valence-corrected chi connectivity index (χ2v) is 6.76. The lowest BCUT2D eigenvalue weighted by molar-refractivity contribution is 0.240. The number of urea groups is 1.